The third kappa shape index (κ3) is 4.65. The zero-order chi connectivity index (χ0) is 20.9. The van der Waals surface area contributed by atoms with Gasteiger partial charge in [-0.15, -0.1) is 0 Å². The lowest BCUT2D eigenvalue weighted by Crippen LogP contribution is -2.49. The SMILES string of the molecule is O=C(CCC(=O)N1CCC(c2ccccc2)=N1)N1CCN(c2ccccc2Cl)CC1. The van der Waals surface area contributed by atoms with Crippen molar-refractivity contribution >= 4 is 34.8 Å². The van der Waals surface area contributed by atoms with Crippen LogP contribution in [-0.4, -0.2) is 60.2 Å². The van der Waals surface area contributed by atoms with Gasteiger partial charge >= 0.3 is 0 Å². The van der Waals surface area contributed by atoms with Crippen molar-refractivity contribution in [3.05, 3.63) is 65.2 Å². The highest BCUT2D eigenvalue weighted by molar-refractivity contribution is 6.33. The summed E-state index contributed by atoms with van der Waals surface area (Å²) in [5, 5.41) is 6.69. The molecule has 0 radical (unpaired) electrons. The van der Waals surface area contributed by atoms with E-state index in [0.717, 1.165) is 41.5 Å². The molecule has 2 heterocycles. The molecular weight excluding hydrogens is 400 g/mol. The molecule has 2 aliphatic rings. The minimum Gasteiger partial charge on any atom is -0.367 e. The number of amides is 2. The number of carbonyl (C=O) groups excluding carboxylic acids is 2. The Balaban J connectivity index is 1.25. The van der Waals surface area contributed by atoms with Crippen molar-refractivity contribution in [2.75, 3.05) is 37.6 Å². The van der Waals surface area contributed by atoms with E-state index in [1.54, 1.807) is 0 Å². The number of nitrogens with zero attached hydrogens (tertiary/aromatic N) is 4. The van der Waals surface area contributed by atoms with Crippen LogP contribution in [0.25, 0.3) is 0 Å². The second-order valence-corrected chi connectivity index (χ2v) is 7.91. The van der Waals surface area contributed by atoms with Crippen molar-refractivity contribution in [3.63, 3.8) is 0 Å². The zero-order valence-corrected chi connectivity index (χ0v) is 17.6. The maximum absolute atomic E-state index is 12.6. The van der Waals surface area contributed by atoms with Crippen LogP contribution < -0.4 is 4.90 Å². The summed E-state index contributed by atoms with van der Waals surface area (Å²) in [6.45, 7) is 3.32. The summed E-state index contributed by atoms with van der Waals surface area (Å²) < 4.78 is 0. The Morgan fingerprint density at radius 1 is 0.833 bits per heavy atom. The predicted octanol–water partition coefficient (Wildman–Crippen LogP) is 3.41. The predicted molar refractivity (Wildman–Crippen MR) is 119 cm³/mol. The lowest BCUT2D eigenvalue weighted by Gasteiger charge is -2.36. The van der Waals surface area contributed by atoms with Crippen molar-refractivity contribution in [3.8, 4) is 0 Å². The third-order valence-corrected chi connectivity index (χ3v) is 5.89. The van der Waals surface area contributed by atoms with Gasteiger partial charge in [0.05, 0.1) is 23.0 Å². The van der Waals surface area contributed by atoms with Crippen LogP contribution in [0.2, 0.25) is 5.02 Å². The van der Waals surface area contributed by atoms with E-state index in [1.165, 1.54) is 5.01 Å². The normalized spacial score (nSPS) is 16.6. The number of piperazine rings is 1. The van der Waals surface area contributed by atoms with Gasteiger partial charge in [0.2, 0.25) is 11.8 Å². The standard InChI is InChI=1S/C23H25ClN4O2/c24-19-8-4-5-9-21(19)26-14-16-27(17-15-26)22(29)10-11-23(30)28-13-12-20(25-28)18-6-2-1-3-7-18/h1-9H,10-17H2. The van der Waals surface area contributed by atoms with Gasteiger partial charge in [-0.1, -0.05) is 54.1 Å². The van der Waals surface area contributed by atoms with Crippen LogP contribution in [0.1, 0.15) is 24.8 Å². The Bertz CT molecular complexity index is 939. The first-order valence-electron chi connectivity index (χ1n) is 10.3. The smallest absolute Gasteiger partial charge is 0.243 e. The fourth-order valence-electron chi connectivity index (χ4n) is 3.88. The lowest BCUT2D eigenvalue weighted by molar-refractivity contribution is -0.137. The van der Waals surface area contributed by atoms with E-state index in [9.17, 15) is 9.59 Å². The van der Waals surface area contributed by atoms with Gasteiger partial charge in [0, 0.05) is 45.4 Å². The van der Waals surface area contributed by atoms with Crippen LogP contribution in [0.4, 0.5) is 5.69 Å². The molecular formula is C23H25ClN4O2. The average molecular weight is 425 g/mol. The molecule has 2 aliphatic heterocycles. The molecule has 0 atom stereocenters. The number of hydrogen-bond donors (Lipinski definition) is 0. The largest absolute Gasteiger partial charge is 0.367 e. The van der Waals surface area contributed by atoms with E-state index in [1.807, 2.05) is 59.5 Å². The van der Waals surface area contributed by atoms with Gasteiger partial charge in [0.15, 0.2) is 0 Å². The lowest BCUT2D eigenvalue weighted by atomic mass is 10.1. The van der Waals surface area contributed by atoms with Gasteiger partial charge in [0.25, 0.3) is 0 Å². The number of anilines is 1. The molecule has 0 bridgehead atoms. The molecule has 0 aromatic heterocycles. The molecule has 2 aromatic carbocycles. The summed E-state index contributed by atoms with van der Waals surface area (Å²) in [5.41, 5.74) is 2.97. The maximum Gasteiger partial charge on any atom is 0.243 e. The Labute approximate surface area is 181 Å². The van der Waals surface area contributed by atoms with Crippen molar-refractivity contribution in [2.45, 2.75) is 19.3 Å². The molecule has 156 valence electrons. The second-order valence-electron chi connectivity index (χ2n) is 7.50. The summed E-state index contributed by atoms with van der Waals surface area (Å²) in [6.07, 6.45) is 1.15. The van der Waals surface area contributed by atoms with E-state index in [-0.39, 0.29) is 24.7 Å². The number of hydrogen-bond acceptors (Lipinski definition) is 4. The summed E-state index contributed by atoms with van der Waals surface area (Å²) in [5.74, 6) is -0.0717. The van der Waals surface area contributed by atoms with Crippen LogP contribution in [0, 0.1) is 0 Å². The van der Waals surface area contributed by atoms with Crippen molar-refractivity contribution in [1.29, 1.82) is 0 Å². The quantitative estimate of drug-likeness (QED) is 0.739. The van der Waals surface area contributed by atoms with Crippen LogP contribution >= 0.6 is 11.6 Å². The summed E-state index contributed by atoms with van der Waals surface area (Å²) >= 11 is 6.28. The third-order valence-electron chi connectivity index (χ3n) is 5.57. The molecule has 0 aliphatic carbocycles. The fourth-order valence-corrected chi connectivity index (χ4v) is 4.13. The summed E-state index contributed by atoms with van der Waals surface area (Å²) in [6, 6.07) is 17.6. The van der Waals surface area contributed by atoms with Crippen LogP contribution in [0.5, 0.6) is 0 Å². The number of para-hydroxylation sites is 1. The highest BCUT2D eigenvalue weighted by atomic mass is 35.5. The number of hydrazone groups is 1. The van der Waals surface area contributed by atoms with E-state index in [4.69, 9.17) is 11.6 Å². The molecule has 4 rings (SSSR count). The topological polar surface area (TPSA) is 56.2 Å². The van der Waals surface area contributed by atoms with Crippen molar-refractivity contribution in [2.24, 2.45) is 5.10 Å². The number of benzene rings is 2. The van der Waals surface area contributed by atoms with Crippen LogP contribution in [0.3, 0.4) is 0 Å². The molecule has 6 nitrogen and oxygen atoms in total. The Kier molecular flexibility index (Phi) is 6.33. The maximum atomic E-state index is 12.6. The minimum absolute atomic E-state index is 0.0219. The first-order chi connectivity index (χ1) is 14.6. The zero-order valence-electron chi connectivity index (χ0n) is 16.8. The van der Waals surface area contributed by atoms with E-state index in [0.29, 0.717) is 19.6 Å². The van der Waals surface area contributed by atoms with E-state index in [2.05, 4.69) is 10.0 Å². The van der Waals surface area contributed by atoms with Gasteiger partial charge in [-0.25, -0.2) is 5.01 Å². The van der Waals surface area contributed by atoms with E-state index >= 15 is 0 Å². The van der Waals surface area contributed by atoms with Crippen LogP contribution in [0.15, 0.2) is 59.7 Å². The molecule has 0 unspecified atom stereocenters. The molecule has 30 heavy (non-hydrogen) atoms. The summed E-state index contributed by atoms with van der Waals surface area (Å²) in [4.78, 5) is 29.1. The fraction of sp³-hybridized carbons (Fsp3) is 0.348. The van der Waals surface area contributed by atoms with E-state index < -0.39 is 0 Å². The highest BCUT2D eigenvalue weighted by Gasteiger charge is 2.25. The van der Waals surface area contributed by atoms with Gasteiger partial charge in [-0.2, -0.15) is 5.10 Å². The van der Waals surface area contributed by atoms with Crippen molar-refractivity contribution < 1.29 is 9.59 Å². The Morgan fingerprint density at radius 2 is 1.50 bits per heavy atom. The van der Waals surface area contributed by atoms with Gasteiger partial charge in [0.1, 0.15) is 0 Å². The van der Waals surface area contributed by atoms with Gasteiger partial charge < -0.3 is 9.80 Å². The first kappa shape index (κ1) is 20.4. The molecule has 0 N–H and O–H groups in total. The molecule has 2 aromatic rings. The molecule has 7 heteroatoms. The second kappa shape index (κ2) is 9.30. The number of rotatable bonds is 5. The molecule has 0 spiro atoms. The molecule has 1 fully saturated rings. The van der Waals surface area contributed by atoms with Crippen LogP contribution in [-0.2, 0) is 9.59 Å². The van der Waals surface area contributed by atoms with Gasteiger partial charge in [-0.05, 0) is 17.7 Å². The average Bonchev–Trinajstić information content (AvgIpc) is 3.29. The number of halogens is 1. The monoisotopic (exact) mass is 424 g/mol. The van der Waals surface area contributed by atoms with Gasteiger partial charge in [-0.3, -0.25) is 9.59 Å². The minimum atomic E-state index is -0.0935. The Morgan fingerprint density at radius 3 is 2.23 bits per heavy atom. The number of carbonyl (C=O) groups is 2. The van der Waals surface area contributed by atoms with Crippen molar-refractivity contribution in [1.82, 2.24) is 9.91 Å². The molecule has 0 saturated carbocycles. The molecule has 2 amide bonds. The summed E-state index contributed by atoms with van der Waals surface area (Å²) in [7, 11) is 0. The highest BCUT2D eigenvalue weighted by Crippen LogP contribution is 2.26. The Hall–Kier alpha value is -2.86. The first-order valence-corrected chi connectivity index (χ1v) is 10.7. The molecule has 1 saturated heterocycles.